The Morgan fingerprint density at radius 1 is 0.408 bits per heavy atom. The number of benzene rings is 4. The predicted octanol–water partition coefficient (Wildman–Crippen LogP) is 6.32. The summed E-state index contributed by atoms with van der Waals surface area (Å²) in [6, 6.07) is 34.6. The molecule has 0 atom stereocenters. The number of aromatic amines is 5. The maximum atomic E-state index is 4.86. The Morgan fingerprint density at radius 2 is 0.755 bits per heavy atom. The average molecular weight is 647 g/mol. The molecule has 0 aliphatic heterocycles. The summed E-state index contributed by atoms with van der Waals surface area (Å²) in [6.07, 6.45) is 0. The van der Waals surface area contributed by atoms with Gasteiger partial charge in [0.15, 0.2) is 0 Å². The van der Waals surface area contributed by atoms with E-state index in [9.17, 15) is 0 Å². The third-order valence-corrected chi connectivity index (χ3v) is 8.71. The third-order valence-electron chi connectivity index (χ3n) is 8.71. The molecule has 12 heteroatoms. The standard InChI is InChI=1S/C37H34N12/c1-2-10-27-26(9-1)38-34(39-27)20-48(21-35-40-28-11-3-4-12-29(28)41-35)18-24-17-25(47-46-24)19-49(22-36-42-30-13-5-6-14-31(30)43-36)23-37-44-32-15-7-8-16-33(32)45-37/h1-17H,18-23H2,(H,38,39)(H,40,41)(H,42,43)(H,44,45)(H,46,47). The average Bonchev–Trinajstić information content (AvgIpc) is 3.94. The molecule has 5 aromatic heterocycles. The molecule has 242 valence electrons. The van der Waals surface area contributed by atoms with E-state index in [4.69, 9.17) is 25.0 Å². The largest absolute Gasteiger partial charge is 0.341 e. The van der Waals surface area contributed by atoms with E-state index in [-0.39, 0.29) is 0 Å². The minimum atomic E-state index is 0.609. The van der Waals surface area contributed by atoms with Gasteiger partial charge in [-0.25, -0.2) is 19.9 Å². The van der Waals surface area contributed by atoms with Crippen LogP contribution in [0.3, 0.4) is 0 Å². The second-order valence-electron chi connectivity index (χ2n) is 12.5. The van der Waals surface area contributed by atoms with Crippen molar-refractivity contribution in [3.63, 3.8) is 0 Å². The van der Waals surface area contributed by atoms with Crippen LogP contribution >= 0.6 is 0 Å². The van der Waals surface area contributed by atoms with Crippen molar-refractivity contribution in [1.29, 1.82) is 0 Å². The van der Waals surface area contributed by atoms with E-state index < -0.39 is 0 Å². The Bertz CT molecular complexity index is 2060. The molecule has 5 heterocycles. The van der Waals surface area contributed by atoms with Crippen LogP contribution in [0.15, 0.2) is 103 Å². The molecule has 49 heavy (non-hydrogen) atoms. The van der Waals surface area contributed by atoms with Crippen LogP contribution in [0.5, 0.6) is 0 Å². The van der Waals surface area contributed by atoms with E-state index in [1.807, 2.05) is 72.8 Å². The van der Waals surface area contributed by atoms with Gasteiger partial charge in [-0.3, -0.25) is 14.9 Å². The summed E-state index contributed by atoms with van der Waals surface area (Å²) in [7, 11) is 0. The molecule has 0 fully saturated rings. The fourth-order valence-electron chi connectivity index (χ4n) is 6.55. The molecule has 0 spiro atoms. The van der Waals surface area contributed by atoms with Gasteiger partial charge in [0.2, 0.25) is 0 Å². The van der Waals surface area contributed by atoms with Crippen molar-refractivity contribution in [1.82, 2.24) is 59.9 Å². The molecule has 0 aliphatic rings. The summed E-state index contributed by atoms with van der Waals surface area (Å²) in [4.78, 5) is 38.0. The number of aromatic nitrogens is 10. The van der Waals surface area contributed by atoms with Crippen LogP contribution in [0.4, 0.5) is 0 Å². The van der Waals surface area contributed by atoms with E-state index in [2.05, 4.69) is 65.2 Å². The number of H-pyrrole nitrogens is 5. The highest BCUT2D eigenvalue weighted by Crippen LogP contribution is 2.20. The summed E-state index contributed by atoms with van der Waals surface area (Å²) in [5, 5.41) is 8.07. The zero-order chi connectivity index (χ0) is 32.6. The van der Waals surface area contributed by atoms with Gasteiger partial charge in [0.1, 0.15) is 23.3 Å². The van der Waals surface area contributed by atoms with Crippen molar-refractivity contribution in [2.75, 3.05) is 0 Å². The smallest absolute Gasteiger partial charge is 0.121 e. The second kappa shape index (κ2) is 12.5. The minimum absolute atomic E-state index is 0.609. The monoisotopic (exact) mass is 646 g/mol. The molecule has 12 nitrogen and oxygen atoms in total. The fraction of sp³-hybridized carbons (Fsp3) is 0.162. The normalized spacial score (nSPS) is 12.1. The van der Waals surface area contributed by atoms with Gasteiger partial charge >= 0.3 is 0 Å². The van der Waals surface area contributed by atoms with E-state index in [1.54, 1.807) is 0 Å². The van der Waals surface area contributed by atoms with Gasteiger partial charge in [-0.15, -0.1) is 0 Å². The topological polar surface area (TPSA) is 150 Å². The van der Waals surface area contributed by atoms with Gasteiger partial charge in [0, 0.05) is 18.8 Å². The first-order valence-corrected chi connectivity index (χ1v) is 16.4. The molecule has 0 bridgehead atoms. The van der Waals surface area contributed by atoms with Crippen LogP contribution in [0.25, 0.3) is 44.1 Å². The van der Waals surface area contributed by atoms with Gasteiger partial charge < -0.3 is 19.9 Å². The Hall–Kier alpha value is -6.11. The van der Waals surface area contributed by atoms with Crippen LogP contribution in [-0.2, 0) is 39.3 Å². The van der Waals surface area contributed by atoms with Crippen molar-refractivity contribution in [3.05, 3.63) is 138 Å². The van der Waals surface area contributed by atoms with Gasteiger partial charge in [0.25, 0.3) is 0 Å². The number of fused-ring (bicyclic) bond motifs is 4. The first-order chi connectivity index (χ1) is 24.2. The molecule has 0 amide bonds. The Labute approximate surface area is 280 Å². The number of rotatable bonds is 12. The summed E-state index contributed by atoms with van der Waals surface area (Å²) >= 11 is 0. The molecule has 0 radical (unpaired) electrons. The van der Waals surface area contributed by atoms with Crippen molar-refractivity contribution in [3.8, 4) is 0 Å². The molecule has 0 aliphatic carbocycles. The summed E-state index contributed by atoms with van der Waals surface area (Å²) < 4.78 is 0. The molecule has 0 saturated carbocycles. The van der Waals surface area contributed by atoms with Crippen LogP contribution in [0.1, 0.15) is 34.7 Å². The highest BCUT2D eigenvalue weighted by atomic mass is 15.2. The van der Waals surface area contributed by atoms with E-state index in [0.29, 0.717) is 39.3 Å². The molecular formula is C37H34N12. The lowest BCUT2D eigenvalue weighted by Gasteiger charge is -2.19. The fourth-order valence-corrected chi connectivity index (χ4v) is 6.55. The minimum Gasteiger partial charge on any atom is -0.341 e. The molecule has 4 aromatic carbocycles. The Kier molecular flexibility index (Phi) is 7.41. The number of nitrogens with zero attached hydrogens (tertiary/aromatic N) is 7. The molecule has 9 rings (SSSR count). The van der Waals surface area contributed by atoms with Crippen molar-refractivity contribution >= 4 is 44.1 Å². The van der Waals surface area contributed by atoms with Gasteiger partial charge in [0.05, 0.1) is 76.0 Å². The molecule has 9 aromatic rings. The summed E-state index contributed by atoms with van der Waals surface area (Å²) in [6.45, 7) is 3.69. The first-order valence-electron chi connectivity index (χ1n) is 16.4. The molecule has 0 unspecified atom stereocenters. The van der Waals surface area contributed by atoms with Crippen molar-refractivity contribution in [2.45, 2.75) is 39.3 Å². The lowest BCUT2D eigenvalue weighted by Crippen LogP contribution is -2.24. The molecular weight excluding hydrogens is 612 g/mol. The van der Waals surface area contributed by atoms with Crippen LogP contribution in [0.2, 0.25) is 0 Å². The zero-order valence-corrected chi connectivity index (χ0v) is 26.7. The van der Waals surface area contributed by atoms with Crippen molar-refractivity contribution in [2.24, 2.45) is 0 Å². The third kappa shape index (κ3) is 6.30. The SMILES string of the molecule is c1ccc2[nH]c(CN(Cc3cc(CN(Cc4nc5ccccc5[nH]4)Cc4nc5ccccc5[nH]4)[nH]n3)Cc3nc4ccccc4[nH]3)nc2c1. The number of nitrogens with one attached hydrogen (secondary N) is 5. The Morgan fingerprint density at radius 3 is 1.12 bits per heavy atom. The molecule has 0 saturated heterocycles. The number of hydrogen-bond donors (Lipinski definition) is 5. The number of imidazole rings is 4. The maximum Gasteiger partial charge on any atom is 0.121 e. The second-order valence-corrected chi connectivity index (χ2v) is 12.5. The lowest BCUT2D eigenvalue weighted by molar-refractivity contribution is 0.233. The lowest BCUT2D eigenvalue weighted by atomic mass is 10.3. The van der Waals surface area contributed by atoms with Gasteiger partial charge in [-0.1, -0.05) is 48.5 Å². The van der Waals surface area contributed by atoms with Gasteiger partial charge in [-0.05, 0) is 54.6 Å². The highest BCUT2D eigenvalue weighted by molar-refractivity contribution is 5.76. The summed E-state index contributed by atoms with van der Waals surface area (Å²) in [5.74, 6) is 3.60. The van der Waals surface area contributed by atoms with E-state index in [0.717, 1.165) is 78.8 Å². The zero-order valence-electron chi connectivity index (χ0n) is 26.7. The maximum absolute atomic E-state index is 4.86. The first kappa shape index (κ1) is 29.1. The Balaban J connectivity index is 0.968. The van der Waals surface area contributed by atoms with Gasteiger partial charge in [-0.2, -0.15) is 5.10 Å². The van der Waals surface area contributed by atoms with Crippen LogP contribution < -0.4 is 0 Å². The highest BCUT2D eigenvalue weighted by Gasteiger charge is 2.18. The number of para-hydroxylation sites is 8. The molecule has 5 N–H and O–H groups in total. The quantitative estimate of drug-likeness (QED) is 0.104. The van der Waals surface area contributed by atoms with E-state index in [1.165, 1.54) is 0 Å². The predicted molar refractivity (Wildman–Crippen MR) is 189 cm³/mol. The van der Waals surface area contributed by atoms with Crippen LogP contribution in [0, 0.1) is 0 Å². The van der Waals surface area contributed by atoms with Crippen LogP contribution in [-0.4, -0.2) is 59.9 Å². The van der Waals surface area contributed by atoms with E-state index >= 15 is 0 Å². The van der Waals surface area contributed by atoms with Crippen molar-refractivity contribution < 1.29 is 0 Å². The summed E-state index contributed by atoms with van der Waals surface area (Å²) in [5.41, 5.74) is 9.88. The number of hydrogen-bond acceptors (Lipinski definition) is 7.